The highest BCUT2D eigenvalue weighted by atomic mass is 19.1. The molecule has 1 fully saturated rings. The Morgan fingerprint density at radius 2 is 1.74 bits per heavy atom. The second-order valence-electron chi connectivity index (χ2n) is 6.37. The fourth-order valence-electron chi connectivity index (χ4n) is 2.30. The number of guanidine groups is 1. The van der Waals surface area contributed by atoms with Crippen LogP contribution in [-0.4, -0.2) is 49.5 Å². The Bertz CT molecular complexity index is 577. The van der Waals surface area contributed by atoms with Crippen LogP contribution in [-0.2, 0) is 4.79 Å². The summed E-state index contributed by atoms with van der Waals surface area (Å²) in [5.41, 5.74) is 11.6. The third-order valence-electron chi connectivity index (χ3n) is 4.10. The molecule has 126 valence electrons. The van der Waals surface area contributed by atoms with E-state index >= 15 is 0 Å². The number of benzene rings is 1. The molecule has 0 aliphatic carbocycles. The summed E-state index contributed by atoms with van der Waals surface area (Å²) in [6, 6.07) is 6.47. The van der Waals surface area contributed by atoms with Crippen molar-refractivity contribution in [3.05, 3.63) is 30.1 Å². The van der Waals surface area contributed by atoms with Gasteiger partial charge in [0.2, 0.25) is 5.91 Å². The number of amides is 1. The molecule has 1 aromatic carbocycles. The molecular formula is C16H24FN5O. The van der Waals surface area contributed by atoms with Crippen LogP contribution in [0.1, 0.15) is 13.8 Å². The molecule has 1 aliphatic heterocycles. The highest BCUT2D eigenvalue weighted by Gasteiger charge is 2.25. The minimum absolute atomic E-state index is 0.235. The van der Waals surface area contributed by atoms with E-state index in [1.807, 2.05) is 4.90 Å². The molecule has 1 amide bonds. The molecule has 0 spiro atoms. The molecule has 2 rings (SSSR count). The molecule has 1 saturated heterocycles. The van der Waals surface area contributed by atoms with Crippen molar-refractivity contribution in [1.82, 2.24) is 4.90 Å². The predicted molar refractivity (Wildman–Crippen MR) is 89.7 cm³/mol. The van der Waals surface area contributed by atoms with E-state index < -0.39 is 11.3 Å². The van der Waals surface area contributed by atoms with Gasteiger partial charge in [0, 0.05) is 31.9 Å². The van der Waals surface area contributed by atoms with E-state index in [2.05, 4.69) is 9.89 Å². The van der Waals surface area contributed by atoms with E-state index in [1.165, 1.54) is 12.1 Å². The first-order valence-electron chi connectivity index (χ1n) is 7.65. The first kappa shape index (κ1) is 17.1. The third kappa shape index (κ3) is 4.34. The summed E-state index contributed by atoms with van der Waals surface area (Å²) in [6.07, 6.45) is 0. The standard InChI is InChI=1S/C16H24FN5O/c1-16(2,14(18)23)11-20-15(19)22-9-7-21(8-10-22)13-5-3-12(17)4-6-13/h3-6H,7-11H2,1-2H3,(H2,18,23)(H2,19,20). The number of hydrogen-bond acceptors (Lipinski definition) is 3. The Balaban J connectivity index is 1.91. The topological polar surface area (TPSA) is 87.9 Å². The zero-order chi connectivity index (χ0) is 17.0. The zero-order valence-electron chi connectivity index (χ0n) is 13.6. The van der Waals surface area contributed by atoms with E-state index in [-0.39, 0.29) is 12.4 Å². The lowest BCUT2D eigenvalue weighted by Crippen LogP contribution is -2.51. The van der Waals surface area contributed by atoms with Crippen LogP contribution in [0, 0.1) is 11.2 Å². The predicted octanol–water partition coefficient (Wildman–Crippen LogP) is 0.774. The lowest BCUT2D eigenvalue weighted by Gasteiger charge is -2.36. The second kappa shape index (κ2) is 6.85. The van der Waals surface area contributed by atoms with Crippen molar-refractivity contribution in [2.45, 2.75) is 13.8 Å². The molecule has 7 heteroatoms. The third-order valence-corrected chi connectivity index (χ3v) is 4.10. The average molecular weight is 321 g/mol. The molecule has 0 atom stereocenters. The van der Waals surface area contributed by atoms with Crippen molar-refractivity contribution >= 4 is 17.6 Å². The van der Waals surface area contributed by atoms with Crippen molar-refractivity contribution in [3.8, 4) is 0 Å². The number of anilines is 1. The van der Waals surface area contributed by atoms with Gasteiger partial charge in [0.1, 0.15) is 5.82 Å². The van der Waals surface area contributed by atoms with Gasteiger partial charge in [0.15, 0.2) is 5.96 Å². The Morgan fingerprint density at radius 1 is 1.17 bits per heavy atom. The molecule has 6 nitrogen and oxygen atoms in total. The van der Waals surface area contributed by atoms with Crippen LogP contribution in [0.15, 0.2) is 29.3 Å². The lowest BCUT2D eigenvalue weighted by molar-refractivity contribution is -0.125. The van der Waals surface area contributed by atoms with Crippen LogP contribution in [0.4, 0.5) is 10.1 Å². The maximum atomic E-state index is 13.0. The quantitative estimate of drug-likeness (QED) is 0.633. The average Bonchev–Trinajstić information content (AvgIpc) is 2.53. The Morgan fingerprint density at radius 3 is 2.26 bits per heavy atom. The van der Waals surface area contributed by atoms with Crippen molar-refractivity contribution in [2.75, 3.05) is 37.6 Å². The molecule has 0 unspecified atom stereocenters. The molecule has 0 aromatic heterocycles. The fourth-order valence-corrected chi connectivity index (χ4v) is 2.30. The number of carbonyl (C=O) groups is 1. The number of nitrogens with two attached hydrogens (primary N) is 2. The first-order chi connectivity index (χ1) is 10.8. The van der Waals surface area contributed by atoms with E-state index in [0.29, 0.717) is 5.96 Å². The summed E-state index contributed by atoms with van der Waals surface area (Å²) in [4.78, 5) is 19.8. The number of primary amides is 1. The molecule has 1 aromatic rings. The van der Waals surface area contributed by atoms with Gasteiger partial charge in [-0.1, -0.05) is 0 Å². The van der Waals surface area contributed by atoms with Crippen LogP contribution in [0.3, 0.4) is 0 Å². The summed E-state index contributed by atoms with van der Waals surface area (Å²) in [6.45, 7) is 6.78. The molecule has 0 radical (unpaired) electrons. The molecule has 0 bridgehead atoms. The summed E-state index contributed by atoms with van der Waals surface area (Å²) in [5.74, 6) is -0.200. The number of hydrogen-bond donors (Lipinski definition) is 2. The van der Waals surface area contributed by atoms with Crippen molar-refractivity contribution < 1.29 is 9.18 Å². The SMILES string of the molecule is CC(C)(CN=C(N)N1CCN(c2ccc(F)cc2)CC1)C(N)=O. The number of rotatable bonds is 4. The number of nitrogens with zero attached hydrogens (tertiary/aromatic N) is 3. The highest BCUT2D eigenvalue weighted by Crippen LogP contribution is 2.17. The molecular weight excluding hydrogens is 297 g/mol. The summed E-state index contributed by atoms with van der Waals surface area (Å²) < 4.78 is 13.0. The molecule has 0 saturated carbocycles. The van der Waals surface area contributed by atoms with Crippen molar-refractivity contribution in [3.63, 3.8) is 0 Å². The van der Waals surface area contributed by atoms with Crippen LogP contribution >= 0.6 is 0 Å². The van der Waals surface area contributed by atoms with Gasteiger partial charge < -0.3 is 21.3 Å². The largest absolute Gasteiger partial charge is 0.370 e. The van der Waals surface area contributed by atoms with Gasteiger partial charge in [-0.15, -0.1) is 0 Å². The summed E-state index contributed by atoms with van der Waals surface area (Å²) >= 11 is 0. The molecule has 1 aliphatic rings. The summed E-state index contributed by atoms with van der Waals surface area (Å²) in [5, 5.41) is 0. The van der Waals surface area contributed by atoms with Gasteiger partial charge in [0.25, 0.3) is 0 Å². The van der Waals surface area contributed by atoms with Gasteiger partial charge in [-0.05, 0) is 38.1 Å². The normalized spacial score (nSPS) is 16.6. The first-order valence-corrected chi connectivity index (χ1v) is 7.65. The van der Waals surface area contributed by atoms with Crippen LogP contribution in [0.25, 0.3) is 0 Å². The Labute approximate surface area is 135 Å². The monoisotopic (exact) mass is 321 g/mol. The van der Waals surface area contributed by atoms with E-state index in [9.17, 15) is 9.18 Å². The molecule has 23 heavy (non-hydrogen) atoms. The minimum Gasteiger partial charge on any atom is -0.370 e. The maximum Gasteiger partial charge on any atom is 0.224 e. The van der Waals surface area contributed by atoms with Crippen molar-refractivity contribution in [2.24, 2.45) is 21.9 Å². The molecule has 1 heterocycles. The lowest BCUT2D eigenvalue weighted by atomic mass is 9.93. The second-order valence-corrected chi connectivity index (χ2v) is 6.37. The van der Waals surface area contributed by atoms with Gasteiger partial charge >= 0.3 is 0 Å². The number of carbonyl (C=O) groups excluding carboxylic acids is 1. The van der Waals surface area contributed by atoms with Crippen LogP contribution < -0.4 is 16.4 Å². The highest BCUT2D eigenvalue weighted by molar-refractivity contribution is 5.82. The van der Waals surface area contributed by atoms with E-state index in [4.69, 9.17) is 11.5 Å². The number of halogens is 1. The van der Waals surface area contributed by atoms with Crippen LogP contribution in [0.2, 0.25) is 0 Å². The van der Waals surface area contributed by atoms with E-state index in [0.717, 1.165) is 31.9 Å². The van der Waals surface area contributed by atoms with Gasteiger partial charge in [-0.25, -0.2) is 4.39 Å². The minimum atomic E-state index is -0.708. The van der Waals surface area contributed by atoms with Gasteiger partial charge in [-0.3, -0.25) is 9.79 Å². The van der Waals surface area contributed by atoms with Crippen molar-refractivity contribution in [1.29, 1.82) is 0 Å². The molecule has 4 N–H and O–H groups in total. The number of piperazine rings is 1. The zero-order valence-corrected chi connectivity index (χ0v) is 13.6. The van der Waals surface area contributed by atoms with E-state index in [1.54, 1.807) is 26.0 Å². The Kier molecular flexibility index (Phi) is 5.08. The van der Waals surface area contributed by atoms with Gasteiger partial charge in [0.05, 0.1) is 12.0 Å². The Hall–Kier alpha value is -2.31. The smallest absolute Gasteiger partial charge is 0.224 e. The van der Waals surface area contributed by atoms with Crippen LogP contribution in [0.5, 0.6) is 0 Å². The summed E-state index contributed by atoms with van der Waals surface area (Å²) in [7, 11) is 0. The number of aliphatic imine (C=N–C) groups is 1. The fraction of sp³-hybridized carbons (Fsp3) is 0.500. The maximum absolute atomic E-state index is 13.0. The van der Waals surface area contributed by atoms with Gasteiger partial charge in [-0.2, -0.15) is 0 Å².